The lowest BCUT2D eigenvalue weighted by Crippen LogP contribution is -2.29. The molecule has 0 radical (unpaired) electrons. The van der Waals surface area contributed by atoms with Gasteiger partial charge in [-0.25, -0.2) is 4.57 Å². The molecule has 2 rings (SSSR count). The molecule has 0 atom stereocenters. The standard InChI is InChI=1S/C13H29O4P.2C8H17N/c1-2-3-4-5-6-7-8-9-10-11-12-13-17-18(14,15)16;2*1-9(2)8-6-4-3-5-7-8/h2-13H2,1H3,(H2,14,15,16);2*8H,3-7H2,1-2H3. The van der Waals surface area contributed by atoms with Crippen LogP contribution >= 0.6 is 7.82 Å². The highest BCUT2D eigenvalue weighted by Crippen LogP contribution is 2.35. The van der Waals surface area contributed by atoms with E-state index in [0.29, 0.717) is 0 Å². The van der Waals surface area contributed by atoms with Gasteiger partial charge in [0.1, 0.15) is 0 Å². The third-order valence-corrected chi connectivity index (χ3v) is 8.14. The third kappa shape index (κ3) is 24.4. The van der Waals surface area contributed by atoms with E-state index in [4.69, 9.17) is 9.79 Å². The molecule has 0 spiro atoms. The van der Waals surface area contributed by atoms with Gasteiger partial charge in [0.2, 0.25) is 0 Å². The Hall–Kier alpha value is 0.0300. The molecule has 0 aromatic carbocycles. The molecule has 0 saturated heterocycles. The Morgan fingerprint density at radius 3 is 1.22 bits per heavy atom. The van der Waals surface area contributed by atoms with Gasteiger partial charge in [-0.1, -0.05) is 110 Å². The number of nitrogens with zero attached hydrogens (tertiary/aromatic N) is 2. The summed E-state index contributed by atoms with van der Waals surface area (Å²) >= 11 is 0. The van der Waals surface area contributed by atoms with Crippen LogP contribution in [-0.4, -0.2) is 66.5 Å². The van der Waals surface area contributed by atoms with Crippen molar-refractivity contribution >= 4 is 7.82 Å². The molecule has 218 valence electrons. The van der Waals surface area contributed by atoms with Gasteiger partial charge in [-0.05, 0) is 60.3 Å². The quantitative estimate of drug-likeness (QED) is 0.163. The highest BCUT2D eigenvalue weighted by molar-refractivity contribution is 7.46. The summed E-state index contributed by atoms with van der Waals surface area (Å²) in [7, 11) is 4.52. The molecule has 0 aromatic rings. The maximum absolute atomic E-state index is 10.4. The summed E-state index contributed by atoms with van der Waals surface area (Å²) in [6.07, 6.45) is 27.9. The summed E-state index contributed by atoms with van der Waals surface area (Å²) in [5.41, 5.74) is 0. The van der Waals surface area contributed by atoms with Gasteiger partial charge >= 0.3 is 7.82 Å². The van der Waals surface area contributed by atoms with Crippen molar-refractivity contribution in [2.75, 3.05) is 34.8 Å². The van der Waals surface area contributed by atoms with E-state index in [-0.39, 0.29) is 6.61 Å². The molecular weight excluding hydrogens is 471 g/mol. The van der Waals surface area contributed by atoms with Gasteiger partial charge in [0, 0.05) is 12.1 Å². The van der Waals surface area contributed by atoms with Gasteiger partial charge in [-0.15, -0.1) is 0 Å². The number of unbranched alkanes of at least 4 members (excludes halogenated alkanes) is 10. The van der Waals surface area contributed by atoms with Crippen LogP contribution in [0.1, 0.15) is 142 Å². The van der Waals surface area contributed by atoms with Crippen LogP contribution < -0.4 is 0 Å². The summed E-state index contributed by atoms with van der Waals surface area (Å²) in [5.74, 6) is 0. The van der Waals surface area contributed by atoms with E-state index >= 15 is 0 Å². The molecule has 0 unspecified atom stereocenters. The summed E-state index contributed by atoms with van der Waals surface area (Å²) in [6, 6.07) is 1.78. The van der Waals surface area contributed by atoms with Crippen LogP contribution in [-0.2, 0) is 9.09 Å². The van der Waals surface area contributed by atoms with Crippen molar-refractivity contribution in [1.82, 2.24) is 9.80 Å². The van der Waals surface area contributed by atoms with Gasteiger partial charge < -0.3 is 19.6 Å². The summed E-state index contributed by atoms with van der Waals surface area (Å²) in [5, 5.41) is 0. The van der Waals surface area contributed by atoms with Crippen LogP contribution in [0.4, 0.5) is 0 Å². The molecule has 7 heteroatoms. The Kier molecular flexibility index (Phi) is 24.1. The highest BCUT2D eigenvalue weighted by atomic mass is 31.2. The first-order valence-corrected chi connectivity index (χ1v) is 16.7. The predicted molar refractivity (Wildman–Crippen MR) is 156 cm³/mol. The normalized spacial score (nSPS) is 17.5. The lowest BCUT2D eigenvalue weighted by atomic mass is 9.95. The van der Waals surface area contributed by atoms with Crippen molar-refractivity contribution < 1.29 is 18.9 Å². The number of rotatable bonds is 15. The monoisotopic (exact) mass is 534 g/mol. The van der Waals surface area contributed by atoms with Crippen LogP contribution in [0.5, 0.6) is 0 Å². The predicted octanol–water partition coefficient (Wildman–Crippen LogP) is 8.17. The SMILES string of the molecule is CCCCCCCCCCCCCOP(=O)(O)O.CN(C)C1CCCCC1.CN(C)C1CCCCC1. The lowest BCUT2D eigenvalue weighted by molar-refractivity contribution is 0.193. The molecular formula is C29H63N2O4P. The van der Waals surface area contributed by atoms with Crippen LogP contribution in [0.3, 0.4) is 0 Å². The maximum atomic E-state index is 10.4. The Labute approximate surface area is 225 Å². The van der Waals surface area contributed by atoms with Crippen molar-refractivity contribution in [2.45, 2.75) is 154 Å². The largest absolute Gasteiger partial charge is 0.469 e. The molecule has 2 saturated carbocycles. The molecule has 6 nitrogen and oxygen atoms in total. The van der Waals surface area contributed by atoms with Crippen molar-refractivity contribution in [3.05, 3.63) is 0 Å². The van der Waals surface area contributed by atoms with E-state index in [1.54, 1.807) is 0 Å². The minimum atomic E-state index is -4.25. The van der Waals surface area contributed by atoms with E-state index in [1.165, 1.54) is 116 Å². The maximum Gasteiger partial charge on any atom is 0.469 e. The second kappa shape index (κ2) is 24.1. The van der Waals surface area contributed by atoms with Crippen LogP contribution in [0.25, 0.3) is 0 Å². The first-order valence-electron chi connectivity index (χ1n) is 15.2. The third-order valence-electron chi connectivity index (χ3n) is 7.62. The van der Waals surface area contributed by atoms with Crippen molar-refractivity contribution in [3.63, 3.8) is 0 Å². The second-order valence-corrected chi connectivity index (χ2v) is 12.6. The molecule has 2 aliphatic rings. The van der Waals surface area contributed by atoms with Gasteiger partial charge in [0.05, 0.1) is 6.61 Å². The Morgan fingerprint density at radius 1 is 0.611 bits per heavy atom. The fourth-order valence-corrected chi connectivity index (χ4v) is 5.51. The summed E-state index contributed by atoms with van der Waals surface area (Å²) < 4.78 is 14.8. The Bertz CT molecular complexity index is 480. The second-order valence-electron chi connectivity index (χ2n) is 11.4. The van der Waals surface area contributed by atoms with Crippen molar-refractivity contribution in [3.8, 4) is 0 Å². The fourth-order valence-electron chi connectivity index (χ4n) is 5.14. The molecule has 0 aliphatic heterocycles. The molecule has 2 N–H and O–H groups in total. The van der Waals surface area contributed by atoms with Crippen LogP contribution in [0.2, 0.25) is 0 Å². The minimum absolute atomic E-state index is 0.168. The Balaban J connectivity index is 0.000000564. The smallest absolute Gasteiger partial charge is 0.306 e. The summed E-state index contributed by atoms with van der Waals surface area (Å²) in [4.78, 5) is 21.7. The van der Waals surface area contributed by atoms with E-state index in [1.807, 2.05) is 0 Å². The van der Waals surface area contributed by atoms with E-state index in [9.17, 15) is 4.57 Å². The van der Waals surface area contributed by atoms with Gasteiger partial charge in [0.15, 0.2) is 0 Å². The number of phosphoric acid groups is 1. The van der Waals surface area contributed by atoms with Gasteiger partial charge in [-0.2, -0.15) is 0 Å². The average molecular weight is 535 g/mol. The van der Waals surface area contributed by atoms with Crippen molar-refractivity contribution in [2.24, 2.45) is 0 Å². The molecule has 2 fully saturated rings. The van der Waals surface area contributed by atoms with Gasteiger partial charge in [0.25, 0.3) is 0 Å². The summed E-state index contributed by atoms with van der Waals surface area (Å²) in [6.45, 7) is 2.40. The topological polar surface area (TPSA) is 73.2 Å². The van der Waals surface area contributed by atoms with Gasteiger partial charge in [-0.3, -0.25) is 4.52 Å². The molecule has 36 heavy (non-hydrogen) atoms. The number of phosphoric ester groups is 1. The van der Waals surface area contributed by atoms with E-state index < -0.39 is 7.82 Å². The van der Waals surface area contributed by atoms with Crippen LogP contribution in [0.15, 0.2) is 0 Å². The zero-order chi connectivity index (χ0) is 27.1. The van der Waals surface area contributed by atoms with Crippen LogP contribution in [0, 0.1) is 0 Å². The first-order chi connectivity index (χ1) is 17.2. The lowest BCUT2D eigenvalue weighted by Gasteiger charge is -2.27. The Morgan fingerprint density at radius 2 is 0.944 bits per heavy atom. The average Bonchev–Trinajstić information content (AvgIpc) is 2.86. The number of hydrogen-bond donors (Lipinski definition) is 2. The van der Waals surface area contributed by atoms with Crippen molar-refractivity contribution in [1.29, 1.82) is 0 Å². The van der Waals surface area contributed by atoms with E-state index in [0.717, 1.165) is 31.3 Å². The first kappa shape index (κ1) is 36.0. The molecule has 0 aromatic heterocycles. The zero-order valence-corrected chi connectivity index (χ0v) is 25.7. The number of hydrogen-bond acceptors (Lipinski definition) is 4. The minimum Gasteiger partial charge on any atom is -0.306 e. The highest BCUT2D eigenvalue weighted by Gasteiger charge is 2.15. The zero-order valence-electron chi connectivity index (χ0n) is 24.8. The fraction of sp³-hybridized carbons (Fsp3) is 1.00. The van der Waals surface area contributed by atoms with E-state index in [2.05, 4.69) is 49.4 Å². The molecule has 0 amide bonds. The molecule has 0 heterocycles. The molecule has 2 aliphatic carbocycles. The molecule has 0 bridgehead atoms.